The maximum absolute atomic E-state index is 5.25. The highest BCUT2D eigenvalue weighted by atomic mass is 32.2. The summed E-state index contributed by atoms with van der Waals surface area (Å²) < 4.78 is 5.25. The standard InChI is InChI=1S/C22H36N4OS/c1-3-23-22(25-16-21-5-4-14-28-21)24-15-18-10-12-26(13-11-18)17-19-6-8-20(27-2)9-7-19/h6-9,18,21H,3-5,10-17H2,1-2H3,(H2,23,24,25). The fourth-order valence-electron chi connectivity index (χ4n) is 3.89. The number of nitrogens with one attached hydrogen (secondary N) is 2. The summed E-state index contributed by atoms with van der Waals surface area (Å²) in [6.07, 6.45) is 5.17. The van der Waals surface area contributed by atoms with Gasteiger partial charge in [-0.05, 0) is 75.1 Å². The molecule has 0 spiro atoms. The predicted octanol–water partition coefficient (Wildman–Crippen LogP) is 3.36. The van der Waals surface area contributed by atoms with Crippen LogP contribution in [0.2, 0.25) is 0 Å². The van der Waals surface area contributed by atoms with Gasteiger partial charge in [0.05, 0.1) is 7.11 Å². The molecule has 156 valence electrons. The average Bonchev–Trinajstić information content (AvgIpc) is 3.25. The van der Waals surface area contributed by atoms with Crippen molar-refractivity contribution in [2.24, 2.45) is 10.9 Å². The number of rotatable bonds is 8. The maximum atomic E-state index is 5.25. The second-order valence-electron chi connectivity index (χ2n) is 7.80. The summed E-state index contributed by atoms with van der Waals surface area (Å²) in [7, 11) is 1.72. The number of piperidine rings is 1. The monoisotopic (exact) mass is 404 g/mol. The van der Waals surface area contributed by atoms with Crippen molar-refractivity contribution in [1.29, 1.82) is 0 Å². The SMILES string of the molecule is CCNC(=NCC1CCN(Cc2ccc(OC)cc2)CC1)NCC1CCCS1. The normalized spacial score (nSPS) is 21.6. The third-order valence-corrected chi connectivity index (χ3v) is 7.04. The number of likely N-dealkylation sites (tertiary alicyclic amines) is 1. The lowest BCUT2D eigenvalue weighted by Crippen LogP contribution is -2.41. The Hall–Kier alpha value is -1.40. The molecule has 2 aliphatic rings. The lowest BCUT2D eigenvalue weighted by molar-refractivity contribution is 0.180. The van der Waals surface area contributed by atoms with E-state index in [0.29, 0.717) is 5.92 Å². The smallest absolute Gasteiger partial charge is 0.191 e. The molecule has 0 bridgehead atoms. The van der Waals surface area contributed by atoms with Gasteiger partial charge in [0.25, 0.3) is 0 Å². The summed E-state index contributed by atoms with van der Waals surface area (Å²) >= 11 is 2.09. The van der Waals surface area contributed by atoms with Crippen molar-refractivity contribution in [2.45, 2.75) is 44.4 Å². The molecule has 1 aromatic carbocycles. The minimum Gasteiger partial charge on any atom is -0.497 e. The van der Waals surface area contributed by atoms with Crippen molar-refractivity contribution in [3.05, 3.63) is 29.8 Å². The minimum atomic E-state index is 0.698. The van der Waals surface area contributed by atoms with Crippen molar-refractivity contribution in [1.82, 2.24) is 15.5 Å². The zero-order chi connectivity index (χ0) is 19.6. The zero-order valence-electron chi connectivity index (χ0n) is 17.5. The fourth-order valence-corrected chi connectivity index (χ4v) is 5.10. The number of methoxy groups -OCH3 is 1. The second-order valence-corrected chi connectivity index (χ2v) is 9.21. The summed E-state index contributed by atoms with van der Waals surface area (Å²) in [4.78, 5) is 7.44. The first kappa shape index (κ1) is 21.3. The molecule has 0 radical (unpaired) electrons. The van der Waals surface area contributed by atoms with Crippen LogP contribution in [0, 0.1) is 5.92 Å². The lowest BCUT2D eigenvalue weighted by Gasteiger charge is -2.31. The topological polar surface area (TPSA) is 48.9 Å². The molecule has 3 rings (SSSR count). The number of hydrogen-bond acceptors (Lipinski definition) is 4. The van der Waals surface area contributed by atoms with Crippen LogP contribution >= 0.6 is 11.8 Å². The van der Waals surface area contributed by atoms with Crippen LogP contribution in [0.25, 0.3) is 0 Å². The number of hydrogen-bond donors (Lipinski definition) is 2. The Bertz CT molecular complexity index is 593. The van der Waals surface area contributed by atoms with Crippen LogP contribution in [-0.2, 0) is 6.54 Å². The van der Waals surface area contributed by atoms with Crippen molar-refractivity contribution in [2.75, 3.05) is 45.6 Å². The molecule has 2 aliphatic heterocycles. The van der Waals surface area contributed by atoms with Gasteiger partial charge in [-0.25, -0.2) is 0 Å². The van der Waals surface area contributed by atoms with E-state index in [9.17, 15) is 0 Å². The molecule has 5 nitrogen and oxygen atoms in total. The number of benzene rings is 1. The van der Waals surface area contributed by atoms with Gasteiger partial charge in [0, 0.05) is 31.4 Å². The number of ether oxygens (including phenoxy) is 1. The Morgan fingerprint density at radius 2 is 1.96 bits per heavy atom. The van der Waals surface area contributed by atoms with E-state index in [-0.39, 0.29) is 0 Å². The Balaban J connectivity index is 1.39. The van der Waals surface area contributed by atoms with E-state index in [2.05, 4.69) is 58.5 Å². The van der Waals surface area contributed by atoms with E-state index in [0.717, 1.165) is 56.2 Å². The highest BCUT2D eigenvalue weighted by Gasteiger charge is 2.20. The van der Waals surface area contributed by atoms with Crippen LogP contribution in [0.3, 0.4) is 0 Å². The Kier molecular flexibility index (Phi) is 8.80. The molecular weight excluding hydrogens is 368 g/mol. The van der Waals surface area contributed by atoms with E-state index < -0.39 is 0 Å². The van der Waals surface area contributed by atoms with Gasteiger partial charge in [-0.1, -0.05) is 12.1 Å². The van der Waals surface area contributed by atoms with Crippen molar-refractivity contribution >= 4 is 17.7 Å². The number of nitrogens with zero attached hydrogens (tertiary/aromatic N) is 2. The van der Waals surface area contributed by atoms with Gasteiger partial charge in [-0.15, -0.1) is 0 Å². The molecule has 6 heteroatoms. The number of guanidine groups is 1. The summed E-state index contributed by atoms with van der Waals surface area (Å²) in [6.45, 7) is 8.39. The Labute approximate surface area is 174 Å². The first-order chi connectivity index (χ1) is 13.8. The fraction of sp³-hybridized carbons (Fsp3) is 0.682. The minimum absolute atomic E-state index is 0.698. The van der Waals surface area contributed by atoms with Crippen LogP contribution in [0.1, 0.15) is 38.2 Å². The molecule has 0 aliphatic carbocycles. The molecule has 1 unspecified atom stereocenters. The summed E-state index contributed by atoms with van der Waals surface area (Å²) in [5, 5.41) is 7.71. The molecule has 2 heterocycles. The van der Waals surface area contributed by atoms with E-state index in [1.807, 2.05) is 0 Å². The van der Waals surface area contributed by atoms with Gasteiger partial charge in [-0.3, -0.25) is 9.89 Å². The average molecular weight is 405 g/mol. The van der Waals surface area contributed by atoms with Crippen LogP contribution in [-0.4, -0.2) is 61.7 Å². The van der Waals surface area contributed by atoms with Gasteiger partial charge in [-0.2, -0.15) is 11.8 Å². The number of thioether (sulfide) groups is 1. The summed E-state index contributed by atoms with van der Waals surface area (Å²) in [5.41, 5.74) is 1.36. The van der Waals surface area contributed by atoms with Crippen molar-refractivity contribution < 1.29 is 4.74 Å². The largest absolute Gasteiger partial charge is 0.497 e. The summed E-state index contributed by atoms with van der Waals surface area (Å²) in [6, 6.07) is 8.45. The quantitative estimate of drug-likeness (QED) is 0.514. The Morgan fingerprint density at radius 3 is 2.61 bits per heavy atom. The molecule has 1 aromatic rings. The number of aliphatic imine (C=N–C) groups is 1. The molecule has 28 heavy (non-hydrogen) atoms. The Morgan fingerprint density at radius 1 is 1.18 bits per heavy atom. The highest BCUT2D eigenvalue weighted by Crippen LogP contribution is 2.25. The molecular formula is C22H36N4OS. The van der Waals surface area contributed by atoms with Gasteiger partial charge in [0.1, 0.15) is 5.75 Å². The maximum Gasteiger partial charge on any atom is 0.191 e. The van der Waals surface area contributed by atoms with E-state index >= 15 is 0 Å². The third-order valence-electron chi connectivity index (χ3n) is 5.65. The van der Waals surface area contributed by atoms with E-state index in [4.69, 9.17) is 9.73 Å². The first-order valence-corrected chi connectivity index (χ1v) is 11.8. The first-order valence-electron chi connectivity index (χ1n) is 10.8. The zero-order valence-corrected chi connectivity index (χ0v) is 18.3. The molecule has 0 amide bonds. The van der Waals surface area contributed by atoms with Gasteiger partial charge in [0.2, 0.25) is 0 Å². The molecule has 0 saturated carbocycles. The molecule has 2 fully saturated rings. The van der Waals surface area contributed by atoms with E-state index in [1.54, 1.807) is 7.11 Å². The van der Waals surface area contributed by atoms with Crippen LogP contribution < -0.4 is 15.4 Å². The van der Waals surface area contributed by atoms with Gasteiger partial charge in [0.15, 0.2) is 5.96 Å². The molecule has 0 aromatic heterocycles. The van der Waals surface area contributed by atoms with Crippen molar-refractivity contribution in [3.8, 4) is 5.75 Å². The van der Waals surface area contributed by atoms with Gasteiger partial charge >= 0.3 is 0 Å². The van der Waals surface area contributed by atoms with Crippen LogP contribution in [0.4, 0.5) is 0 Å². The second kappa shape index (κ2) is 11.6. The molecule has 2 N–H and O–H groups in total. The van der Waals surface area contributed by atoms with E-state index in [1.165, 1.54) is 37.0 Å². The van der Waals surface area contributed by atoms with Crippen molar-refractivity contribution in [3.63, 3.8) is 0 Å². The van der Waals surface area contributed by atoms with Crippen LogP contribution in [0.15, 0.2) is 29.3 Å². The summed E-state index contributed by atoms with van der Waals surface area (Å²) in [5.74, 6) is 3.94. The molecule has 2 saturated heterocycles. The molecule has 1 atom stereocenters. The lowest BCUT2D eigenvalue weighted by atomic mass is 9.96. The third kappa shape index (κ3) is 6.89. The van der Waals surface area contributed by atoms with Gasteiger partial charge < -0.3 is 15.4 Å². The predicted molar refractivity (Wildman–Crippen MR) is 120 cm³/mol. The highest BCUT2D eigenvalue weighted by molar-refractivity contribution is 8.00. The van der Waals surface area contributed by atoms with Crippen LogP contribution in [0.5, 0.6) is 5.75 Å².